The molecule has 0 amide bonds. The lowest BCUT2D eigenvalue weighted by molar-refractivity contribution is -0.898. The van der Waals surface area contributed by atoms with Crippen LogP contribution in [-0.4, -0.2) is 44.4 Å². The highest BCUT2D eigenvalue weighted by molar-refractivity contribution is 7.45. The summed E-state index contributed by atoms with van der Waals surface area (Å²) in [6.07, 6.45) is 20.5. The third kappa shape index (κ3) is 13.5. The zero-order valence-corrected chi connectivity index (χ0v) is 21.3. The number of phosphoric acid groups is 1. The maximum atomic E-state index is 12.2. The second-order valence-electron chi connectivity index (χ2n) is 10.1. The Balaban J connectivity index is 1.95. The van der Waals surface area contributed by atoms with Gasteiger partial charge in [-0.05, 0) is 19.3 Å². The van der Waals surface area contributed by atoms with Crippen LogP contribution in [0.25, 0.3) is 0 Å². The molecule has 30 heavy (non-hydrogen) atoms. The van der Waals surface area contributed by atoms with Gasteiger partial charge in [-0.15, -0.1) is 0 Å². The number of hydrogen-bond donors (Lipinski definition) is 0. The van der Waals surface area contributed by atoms with Crippen molar-refractivity contribution in [3.8, 4) is 0 Å². The van der Waals surface area contributed by atoms with Gasteiger partial charge in [0, 0.05) is 6.42 Å². The van der Waals surface area contributed by atoms with Crippen LogP contribution >= 0.6 is 7.82 Å². The van der Waals surface area contributed by atoms with Crippen molar-refractivity contribution < 1.29 is 23.0 Å². The van der Waals surface area contributed by atoms with Crippen molar-refractivity contribution in [2.75, 3.05) is 27.7 Å². The highest BCUT2D eigenvalue weighted by Crippen LogP contribution is 2.44. The molecule has 0 heterocycles. The summed E-state index contributed by atoms with van der Waals surface area (Å²) in [5.74, 6) is 0. The average Bonchev–Trinajstić information content (AvgIpc) is 3.12. The van der Waals surface area contributed by atoms with Crippen LogP contribution in [0.15, 0.2) is 0 Å². The molecular weight excluding hydrogens is 397 g/mol. The quantitative estimate of drug-likeness (QED) is 0.127. The second-order valence-corrected chi connectivity index (χ2v) is 11.5. The van der Waals surface area contributed by atoms with Crippen molar-refractivity contribution in [2.45, 2.75) is 128 Å². The van der Waals surface area contributed by atoms with E-state index in [-0.39, 0.29) is 18.8 Å². The molecule has 6 heteroatoms. The third-order valence-electron chi connectivity index (χ3n) is 6.42. The summed E-state index contributed by atoms with van der Waals surface area (Å²) in [6, 6.07) is 0.219. The van der Waals surface area contributed by atoms with Crippen LogP contribution in [0, 0.1) is 0 Å². The first-order valence-electron chi connectivity index (χ1n) is 12.7. The Morgan fingerprint density at radius 2 is 1.27 bits per heavy atom. The minimum atomic E-state index is -4.20. The minimum absolute atomic E-state index is 0.219. The Labute approximate surface area is 187 Å². The molecule has 1 fully saturated rings. The number of nitrogens with zero attached hydrogens (tertiary/aromatic N) is 1. The third-order valence-corrected chi connectivity index (χ3v) is 7.45. The lowest BCUT2D eigenvalue weighted by atomic mass is 10.0. The van der Waals surface area contributed by atoms with Crippen molar-refractivity contribution in [3.05, 3.63) is 0 Å². The van der Waals surface area contributed by atoms with Gasteiger partial charge in [0.25, 0.3) is 7.82 Å². The van der Waals surface area contributed by atoms with Gasteiger partial charge in [-0.2, -0.15) is 0 Å². The van der Waals surface area contributed by atoms with E-state index in [2.05, 4.69) is 28.1 Å². The maximum absolute atomic E-state index is 12.2. The first-order chi connectivity index (χ1) is 14.3. The Morgan fingerprint density at radius 1 is 0.800 bits per heavy atom. The molecule has 0 saturated heterocycles. The van der Waals surface area contributed by atoms with Crippen molar-refractivity contribution >= 4 is 7.82 Å². The Bertz CT molecular complexity index is 467. The molecule has 1 aliphatic carbocycles. The topological polar surface area (TPSA) is 58.6 Å². The van der Waals surface area contributed by atoms with Gasteiger partial charge in [0.15, 0.2) is 0 Å². The Kier molecular flexibility index (Phi) is 14.8. The molecule has 0 radical (unpaired) electrons. The molecule has 3 unspecified atom stereocenters. The summed E-state index contributed by atoms with van der Waals surface area (Å²) in [6.45, 7) is 2.52. The normalized spacial score (nSPS) is 21.8. The number of rotatable bonds is 19. The number of likely N-dealkylation sites (N-methyl/N-ethyl adjacent to an activating group) is 1. The molecule has 3 atom stereocenters. The molecule has 1 saturated carbocycles. The maximum Gasteiger partial charge on any atom is 0.268 e. The van der Waals surface area contributed by atoms with Crippen LogP contribution in [0.3, 0.4) is 0 Å². The summed E-state index contributed by atoms with van der Waals surface area (Å²) >= 11 is 0. The van der Waals surface area contributed by atoms with E-state index in [1.165, 1.54) is 70.6 Å². The SMILES string of the molecule is CCCCCCCCCCCCCCCCOP(=O)([O-])OC1CCCC1[N+](C)(C)C. The van der Waals surface area contributed by atoms with E-state index >= 15 is 0 Å². The van der Waals surface area contributed by atoms with Crippen LogP contribution in [-0.2, 0) is 13.6 Å². The van der Waals surface area contributed by atoms with E-state index in [0.717, 1.165) is 43.0 Å². The van der Waals surface area contributed by atoms with Crippen molar-refractivity contribution in [1.29, 1.82) is 0 Å². The molecule has 1 aliphatic rings. The number of hydrogen-bond acceptors (Lipinski definition) is 4. The highest BCUT2D eigenvalue weighted by atomic mass is 31.2. The van der Waals surface area contributed by atoms with Crippen LogP contribution in [0.1, 0.15) is 116 Å². The van der Waals surface area contributed by atoms with Gasteiger partial charge in [-0.25, -0.2) is 0 Å². The molecule has 5 nitrogen and oxygen atoms in total. The van der Waals surface area contributed by atoms with E-state index in [1.54, 1.807) is 0 Å². The van der Waals surface area contributed by atoms with E-state index < -0.39 is 7.82 Å². The summed E-state index contributed by atoms with van der Waals surface area (Å²) in [5, 5.41) is 0. The summed E-state index contributed by atoms with van der Waals surface area (Å²) in [4.78, 5) is 12.2. The Morgan fingerprint density at radius 3 is 1.73 bits per heavy atom. The predicted molar refractivity (Wildman–Crippen MR) is 124 cm³/mol. The molecule has 0 N–H and O–H groups in total. The van der Waals surface area contributed by atoms with Crippen LogP contribution < -0.4 is 4.89 Å². The van der Waals surface area contributed by atoms with E-state index in [4.69, 9.17) is 9.05 Å². The molecule has 0 aliphatic heterocycles. The molecule has 0 spiro atoms. The first kappa shape index (κ1) is 28.1. The minimum Gasteiger partial charge on any atom is -0.756 e. The van der Waals surface area contributed by atoms with Gasteiger partial charge in [0.1, 0.15) is 12.1 Å². The Hall–Kier alpha value is 0.0700. The predicted octanol–water partition coefficient (Wildman–Crippen LogP) is 6.60. The monoisotopic (exact) mass is 447 g/mol. The van der Waals surface area contributed by atoms with E-state index in [1.807, 2.05) is 0 Å². The lowest BCUT2D eigenvalue weighted by Crippen LogP contribution is -2.49. The van der Waals surface area contributed by atoms with Crippen LogP contribution in [0.2, 0.25) is 0 Å². The molecule has 0 aromatic rings. The number of unbranched alkanes of at least 4 members (excludes halogenated alkanes) is 13. The zero-order chi connectivity index (χ0) is 22.3. The van der Waals surface area contributed by atoms with Gasteiger partial charge in [0.05, 0.1) is 27.7 Å². The van der Waals surface area contributed by atoms with Gasteiger partial charge in [-0.3, -0.25) is 4.57 Å². The number of quaternary nitrogens is 1. The van der Waals surface area contributed by atoms with Gasteiger partial charge in [-0.1, -0.05) is 90.4 Å². The van der Waals surface area contributed by atoms with Crippen LogP contribution in [0.4, 0.5) is 0 Å². The van der Waals surface area contributed by atoms with Crippen LogP contribution in [0.5, 0.6) is 0 Å². The fourth-order valence-corrected chi connectivity index (χ4v) is 5.58. The lowest BCUT2D eigenvalue weighted by Gasteiger charge is -2.37. The van der Waals surface area contributed by atoms with Gasteiger partial charge >= 0.3 is 0 Å². The largest absolute Gasteiger partial charge is 0.756 e. The van der Waals surface area contributed by atoms with Gasteiger partial charge < -0.3 is 18.4 Å². The molecule has 0 bridgehead atoms. The molecule has 1 rings (SSSR count). The number of phosphoric ester groups is 1. The molecule has 180 valence electrons. The van der Waals surface area contributed by atoms with Crippen molar-refractivity contribution in [1.82, 2.24) is 0 Å². The summed E-state index contributed by atoms with van der Waals surface area (Å²) in [7, 11) is 2.09. The summed E-state index contributed by atoms with van der Waals surface area (Å²) in [5.41, 5.74) is 0. The fraction of sp³-hybridized carbons (Fsp3) is 1.00. The van der Waals surface area contributed by atoms with Crippen molar-refractivity contribution in [3.63, 3.8) is 0 Å². The van der Waals surface area contributed by atoms with E-state index in [9.17, 15) is 9.46 Å². The average molecular weight is 448 g/mol. The standard InChI is InChI=1S/C24H50NO4P/c1-5-6-7-8-9-10-11-12-13-14-15-16-17-18-22-28-30(26,27)29-24-21-19-20-23(24)25(2,3)4/h23-24H,5-22H2,1-4H3. The first-order valence-corrected chi connectivity index (χ1v) is 14.2. The highest BCUT2D eigenvalue weighted by Gasteiger charge is 2.39. The molecular formula is C24H50NO4P. The smallest absolute Gasteiger partial charge is 0.268 e. The fourth-order valence-electron chi connectivity index (χ4n) is 4.58. The van der Waals surface area contributed by atoms with E-state index in [0.29, 0.717) is 0 Å². The van der Waals surface area contributed by atoms with Gasteiger partial charge in [0.2, 0.25) is 0 Å². The zero-order valence-electron chi connectivity index (χ0n) is 20.4. The molecule has 0 aromatic carbocycles. The second kappa shape index (κ2) is 15.8. The molecule has 0 aromatic heterocycles. The van der Waals surface area contributed by atoms with Crippen molar-refractivity contribution in [2.24, 2.45) is 0 Å². The summed E-state index contributed by atoms with van der Waals surface area (Å²) < 4.78 is 23.4.